The number of nitrogens with zero attached hydrogens (tertiary/aromatic N) is 1. The zero-order chi connectivity index (χ0) is 14.4. The van der Waals surface area contributed by atoms with Gasteiger partial charge in [-0.3, -0.25) is 4.90 Å². The maximum atomic E-state index is 10.3. The molecule has 3 heteroatoms. The van der Waals surface area contributed by atoms with Crippen LogP contribution < -0.4 is 0 Å². The Kier molecular flexibility index (Phi) is 7.33. The van der Waals surface area contributed by atoms with Crippen LogP contribution in [0, 0.1) is 17.8 Å². The van der Waals surface area contributed by atoms with Crippen molar-refractivity contribution >= 4 is 0 Å². The first kappa shape index (κ1) is 16.9. The molecule has 0 bridgehead atoms. The van der Waals surface area contributed by atoms with Gasteiger partial charge in [-0.15, -0.1) is 0 Å². The van der Waals surface area contributed by atoms with E-state index in [1.807, 2.05) is 0 Å². The predicted octanol–water partition coefficient (Wildman–Crippen LogP) is 2.78. The van der Waals surface area contributed by atoms with E-state index in [4.69, 9.17) is 4.74 Å². The molecule has 0 saturated heterocycles. The number of ether oxygens (including phenoxy) is 1. The first-order valence-electron chi connectivity index (χ1n) is 7.86. The summed E-state index contributed by atoms with van der Waals surface area (Å²) in [6, 6.07) is 0.516. The first-order valence-corrected chi connectivity index (χ1v) is 7.86. The topological polar surface area (TPSA) is 32.7 Å². The Balaban J connectivity index is 2.54. The Morgan fingerprint density at radius 2 is 1.89 bits per heavy atom. The van der Waals surface area contributed by atoms with Crippen LogP contribution in [0.1, 0.15) is 47.0 Å². The van der Waals surface area contributed by atoms with Gasteiger partial charge in [0.25, 0.3) is 0 Å². The van der Waals surface area contributed by atoms with Gasteiger partial charge in [0.1, 0.15) is 0 Å². The fraction of sp³-hybridized carbons (Fsp3) is 1.00. The smallest absolute Gasteiger partial charge is 0.0589 e. The van der Waals surface area contributed by atoms with Crippen LogP contribution in [-0.4, -0.2) is 49.0 Å². The van der Waals surface area contributed by atoms with E-state index in [1.54, 1.807) is 7.11 Å². The van der Waals surface area contributed by atoms with Gasteiger partial charge >= 0.3 is 0 Å². The minimum Gasteiger partial charge on any atom is -0.393 e. The maximum Gasteiger partial charge on any atom is 0.0589 e. The lowest BCUT2D eigenvalue weighted by molar-refractivity contribution is 0.00849. The quantitative estimate of drug-likeness (QED) is 0.773. The van der Waals surface area contributed by atoms with Crippen molar-refractivity contribution in [2.24, 2.45) is 17.8 Å². The van der Waals surface area contributed by atoms with E-state index in [1.165, 1.54) is 12.8 Å². The molecule has 1 fully saturated rings. The third kappa shape index (κ3) is 5.41. The average Bonchev–Trinajstić information content (AvgIpc) is 2.35. The fourth-order valence-electron chi connectivity index (χ4n) is 3.16. The van der Waals surface area contributed by atoms with Gasteiger partial charge in [0.15, 0.2) is 0 Å². The largest absolute Gasteiger partial charge is 0.393 e. The fourth-order valence-corrected chi connectivity index (χ4v) is 3.16. The molecular weight excluding hydrogens is 238 g/mol. The molecule has 0 heterocycles. The van der Waals surface area contributed by atoms with Crippen LogP contribution in [0.15, 0.2) is 0 Å². The Morgan fingerprint density at radius 1 is 1.21 bits per heavy atom. The number of hydrogen-bond acceptors (Lipinski definition) is 3. The molecule has 0 radical (unpaired) electrons. The normalized spacial score (nSPS) is 28.6. The molecule has 3 unspecified atom stereocenters. The summed E-state index contributed by atoms with van der Waals surface area (Å²) in [5, 5.41) is 10.3. The summed E-state index contributed by atoms with van der Waals surface area (Å²) in [6.07, 6.45) is 3.23. The highest BCUT2D eigenvalue weighted by atomic mass is 16.5. The average molecular weight is 271 g/mol. The number of methoxy groups -OCH3 is 1. The molecular formula is C16H33NO2. The predicted molar refractivity (Wildman–Crippen MR) is 80.3 cm³/mol. The number of aliphatic hydroxyl groups is 1. The highest BCUT2D eigenvalue weighted by Crippen LogP contribution is 2.34. The zero-order valence-electron chi connectivity index (χ0n) is 13.4. The van der Waals surface area contributed by atoms with Crippen molar-refractivity contribution in [3.63, 3.8) is 0 Å². The summed E-state index contributed by atoms with van der Waals surface area (Å²) in [5.41, 5.74) is 0. The van der Waals surface area contributed by atoms with Gasteiger partial charge in [0.2, 0.25) is 0 Å². The van der Waals surface area contributed by atoms with Crippen molar-refractivity contribution in [3.05, 3.63) is 0 Å². The lowest BCUT2D eigenvalue weighted by Crippen LogP contribution is -2.43. The van der Waals surface area contributed by atoms with Gasteiger partial charge in [0.05, 0.1) is 12.7 Å². The van der Waals surface area contributed by atoms with Gasteiger partial charge in [0, 0.05) is 26.2 Å². The van der Waals surface area contributed by atoms with E-state index in [-0.39, 0.29) is 6.10 Å². The molecule has 1 N–H and O–H groups in total. The van der Waals surface area contributed by atoms with Gasteiger partial charge < -0.3 is 9.84 Å². The number of aliphatic hydroxyl groups excluding tert-OH is 1. The Hall–Kier alpha value is -0.120. The van der Waals surface area contributed by atoms with Crippen LogP contribution in [-0.2, 0) is 4.74 Å². The van der Waals surface area contributed by atoms with Crippen molar-refractivity contribution in [2.75, 3.05) is 26.8 Å². The Morgan fingerprint density at radius 3 is 2.42 bits per heavy atom. The molecule has 0 aromatic heterocycles. The van der Waals surface area contributed by atoms with Crippen LogP contribution in [0.25, 0.3) is 0 Å². The number of hydrogen-bond donors (Lipinski definition) is 1. The summed E-state index contributed by atoms with van der Waals surface area (Å²) in [6.45, 7) is 11.8. The van der Waals surface area contributed by atoms with Gasteiger partial charge in [-0.05, 0) is 50.9 Å². The summed E-state index contributed by atoms with van der Waals surface area (Å²) in [5.74, 6) is 1.95. The second kappa shape index (κ2) is 8.23. The monoisotopic (exact) mass is 271 g/mol. The van der Waals surface area contributed by atoms with Gasteiger partial charge in [-0.1, -0.05) is 13.8 Å². The maximum absolute atomic E-state index is 10.3. The third-order valence-electron chi connectivity index (χ3n) is 4.71. The molecule has 19 heavy (non-hydrogen) atoms. The Labute approximate surface area is 119 Å². The van der Waals surface area contributed by atoms with E-state index < -0.39 is 0 Å². The minimum absolute atomic E-state index is 0.112. The highest BCUT2D eigenvalue weighted by molar-refractivity contribution is 4.84. The Bertz CT molecular complexity index is 243. The van der Waals surface area contributed by atoms with E-state index in [2.05, 4.69) is 32.6 Å². The molecule has 0 aliphatic heterocycles. The van der Waals surface area contributed by atoms with Crippen molar-refractivity contribution < 1.29 is 9.84 Å². The third-order valence-corrected chi connectivity index (χ3v) is 4.71. The lowest BCUT2D eigenvalue weighted by atomic mass is 9.74. The van der Waals surface area contributed by atoms with Crippen molar-refractivity contribution in [1.82, 2.24) is 4.90 Å². The van der Waals surface area contributed by atoms with Crippen molar-refractivity contribution in [3.8, 4) is 0 Å². The molecule has 0 amide bonds. The van der Waals surface area contributed by atoms with Crippen LogP contribution in [0.2, 0.25) is 0 Å². The van der Waals surface area contributed by atoms with E-state index >= 15 is 0 Å². The lowest BCUT2D eigenvalue weighted by Gasteiger charge is -2.39. The van der Waals surface area contributed by atoms with Gasteiger partial charge in [-0.2, -0.15) is 0 Å². The standard InChI is InChI=1S/C16H33NO2/c1-12(2)14-6-7-16(18)15(10-14)11-17(13(3)4)8-9-19-5/h12-16,18H,6-11H2,1-5H3. The molecule has 3 atom stereocenters. The van der Waals surface area contributed by atoms with E-state index in [9.17, 15) is 5.11 Å². The first-order chi connectivity index (χ1) is 8.95. The molecule has 114 valence electrons. The SMILES string of the molecule is COCCN(CC1CC(C(C)C)CCC1O)C(C)C. The van der Waals surface area contributed by atoms with Crippen molar-refractivity contribution in [1.29, 1.82) is 0 Å². The molecule has 3 nitrogen and oxygen atoms in total. The van der Waals surface area contributed by atoms with Crippen LogP contribution in [0.4, 0.5) is 0 Å². The summed E-state index contributed by atoms with van der Waals surface area (Å²) >= 11 is 0. The number of rotatable bonds is 7. The van der Waals surface area contributed by atoms with E-state index in [0.717, 1.165) is 38.0 Å². The molecule has 0 spiro atoms. The second-order valence-corrected chi connectivity index (χ2v) is 6.73. The van der Waals surface area contributed by atoms with Crippen molar-refractivity contribution in [2.45, 2.75) is 59.1 Å². The van der Waals surface area contributed by atoms with Crippen LogP contribution in [0.3, 0.4) is 0 Å². The molecule has 0 aromatic rings. The molecule has 1 saturated carbocycles. The summed E-state index contributed by atoms with van der Waals surface area (Å²) in [7, 11) is 1.75. The summed E-state index contributed by atoms with van der Waals surface area (Å²) < 4.78 is 5.19. The highest BCUT2D eigenvalue weighted by Gasteiger charge is 2.32. The molecule has 1 rings (SSSR count). The molecule has 1 aliphatic carbocycles. The molecule has 0 aromatic carbocycles. The van der Waals surface area contributed by atoms with Crippen LogP contribution in [0.5, 0.6) is 0 Å². The summed E-state index contributed by atoms with van der Waals surface area (Å²) in [4.78, 5) is 2.44. The van der Waals surface area contributed by atoms with Gasteiger partial charge in [-0.25, -0.2) is 0 Å². The van der Waals surface area contributed by atoms with E-state index in [0.29, 0.717) is 12.0 Å². The molecule has 1 aliphatic rings. The second-order valence-electron chi connectivity index (χ2n) is 6.73. The zero-order valence-corrected chi connectivity index (χ0v) is 13.4. The minimum atomic E-state index is -0.112. The van der Waals surface area contributed by atoms with Crippen LogP contribution >= 0.6 is 0 Å².